The molecule has 0 spiro atoms. The Kier molecular flexibility index (Phi) is 3.70. The number of aliphatic hydroxyl groups is 1. The largest absolute Gasteiger partial charge is 0.383 e. The van der Waals surface area contributed by atoms with Crippen molar-refractivity contribution >= 4 is 38.9 Å². The number of benzene rings is 1. The summed E-state index contributed by atoms with van der Waals surface area (Å²) in [7, 11) is 0. The Hall–Kier alpha value is -0.350. The van der Waals surface area contributed by atoms with E-state index in [0.717, 1.165) is 20.5 Å². The highest BCUT2D eigenvalue weighted by molar-refractivity contribution is 9.10. The van der Waals surface area contributed by atoms with Crippen LogP contribution in [-0.2, 0) is 0 Å². The van der Waals surface area contributed by atoms with Crippen molar-refractivity contribution in [2.24, 2.45) is 0 Å². The first-order valence-corrected chi connectivity index (χ1v) is 6.81. The summed E-state index contributed by atoms with van der Waals surface area (Å²) in [5, 5.41) is 12.9. The minimum atomic E-state index is -0.618. The SMILES string of the molecule is Cc1ccc(Cl)cc1C(O)c1sccc1Br. The van der Waals surface area contributed by atoms with Gasteiger partial charge in [0, 0.05) is 9.50 Å². The highest BCUT2D eigenvalue weighted by Gasteiger charge is 2.17. The molecule has 0 aliphatic rings. The third-order valence-electron chi connectivity index (χ3n) is 2.43. The van der Waals surface area contributed by atoms with Gasteiger partial charge in [-0.3, -0.25) is 0 Å². The van der Waals surface area contributed by atoms with Gasteiger partial charge in [-0.1, -0.05) is 17.7 Å². The van der Waals surface area contributed by atoms with Gasteiger partial charge in [-0.25, -0.2) is 0 Å². The summed E-state index contributed by atoms with van der Waals surface area (Å²) in [4.78, 5) is 0.908. The van der Waals surface area contributed by atoms with Crippen LogP contribution in [0.4, 0.5) is 0 Å². The minimum Gasteiger partial charge on any atom is -0.383 e. The summed E-state index contributed by atoms with van der Waals surface area (Å²) in [6.07, 6.45) is -0.618. The monoisotopic (exact) mass is 316 g/mol. The van der Waals surface area contributed by atoms with Crippen molar-refractivity contribution in [3.63, 3.8) is 0 Å². The van der Waals surface area contributed by atoms with Crippen LogP contribution in [0.3, 0.4) is 0 Å². The molecule has 0 saturated heterocycles. The van der Waals surface area contributed by atoms with Gasteiger partial charge in [-0.15, -0.1) is 11.3 Å². The average molecular weight is 318 g/mol. The molecular weight excluding hydrogens is 308 g/mol. The fourth-order valence-electron chi connectivity index (χ4n) is 1.55. The summed E-state index contributed by atoms with van der Waals surface area (Å²) in [6, 6.07) is 7.50. The van der Waals surface area contributed by atoms with Crippen LogP contribution < -0.4 is 0 Å². The molecule has 2 rings (SSSR count). The summed E-state index contributed by atoms with van der Waals surface area (Å²) in [6.45, 7) is 1.97. The van der Waals surface area contributed by atoms with E-state index >= 15 is 0 Å². The molecule has 1 unspecified atom stereocenters. The van der Waals surface area contributed by atoms with Crippen molar-refractivity contribution in [1.29, 1.82) is 0 Å². The lowest BCUT2D eigenvalue weighted by atomic mass is 10.0. The summed E-state index contributed by atoms with van der Waals surface area (Å²) < 4.78 is 0.935. The van der Waals surface area contributed by atoms with Gasteiger partial charge < -0.3 is 5.11 Å². The van der Waals surface area contributed by atoms with Gasteiger partial charge in [-0.2, -0.15) is 0 Å². The van der Waals surface area contributed by atoms with Gasteiger partial charge in [0.1, 0.15) is 6.10 Å². The Morgan fingerprint density at radius 2 is 2.12 bits per heavy atom. The van der Waals surface area contributed by atoms with Gasteiger partial charge in [0.2, 0.25) is 0 Å². The van der Waals surface area contributed by atoms with Crippen LogP contribution in [0.15, 0.2) is 34.1 Å². The molecule has 4 heteroatoms. The maximum absolute atomic E-state index is 10.3. The van der Waals surface area contributed by atoms with E-state index < -0.39 is 6.10 Å². The molecule has 1 heterocycles. The molecule has 84 valence electrons. The topological polar surface area (TPSA) is 20.2 Å². The number of halogens is 2. The summed E-state index contributed by atoms with van der Waals surface area (Å²) in [5.41, 5.74) is 1.90. The van der Waals surface area contributed by atoms with Gasteiger partial charge in [0.25, 0.3) is 0 Å². The van der Waals surface area contributed by atoms with E-state index in [-0.39, 0.29) is 0 Å². The second-order valence-electron chi connectivity index (χ2n) is 3.54. The van der Waals surface area contributed by atoms with E-state index in [9.17, 15) is 5.11 Å². The maximum Gasteiger partial charge on any atom is 0.115 e. The first-order valence-electron chi connectivity index (χ1n) is 4.76. The van der Waals surface area contributed by atoms with Crippen LogP contribution in [0.2, 0.25) is 5.02 Å². The molecule has 0 aliphatic carbocycles. The van der Waals surface area contributed by atoms with E-state index in [1.54, 1.807) is 0 Å². The van der Waals surface area contributed by atoms with Gasteiger partial charge in [-0.05, 0) is 57.6 Å². The van der Waals surface area contributed by atoms with E-state index in [4.69, 9.17) is 11.6 Å². The zero-order chi connectivity index (χ0) is 11.7. The molecule has 1 N–H and O–H groups in total. The smallest absolute Gasteiger partial charge is 0.115 e. The number of rotatable bonds is 2. The van der Waals surface area contributed by atoms with E-state index in [2.05, 4.69) is 15.9 Å². The highest BCUT2D eigenvalue weighted by Crippen LogP contribution is 2.35. The lowest BCUT2D eigenvalue weighted by molar-refractivity contribution is 0.222. The molecule has 16 heavy (non-hydrogen) atoms. The fourth-order valence-corrected chi connectivity index (χ4v) is 3.32. The predicted molar refractivity (Wildman–Crippen MR) is 72.3 cm³/mol. The normalized spacial score (nSPS) is 12.8. The first-order chi connectivity index (χ1) is 7.59. The van der Waals surface area contributed by atoms with Crippen molar-refractivity contribution in [3.8, 4) is 0 Å². The van der Waals surface area contributed by atoms with Gasteiger partial charge in [0.05, 0.1) is 4.88 Å². The number of aryl methyl sites for hydroxylation is 1. The molecule has 0 saturated carbocycles. The fraction of sp³-hybridized carbons (Fsp3) is 0.167. The van der Waals surface area contributed by atoms with Crippen molar-refractivity contribution in [3.05, 3.63) is 55.1 Å². The predicted octanol–water partition coefficient (Wildman–Crippen LogP) is 4.55. The van der Waals surface area contributed by atoms with E-state index in [1.165, 1.54) is 11.3 Å². The van der Waals surface area contributed by atoms with E-state index in [0.29, 0.717) is 5.02 Å². The number of hydrogen-bond donors (Lipinski definition) is 1. The van der Waals surface area contributed by atoms with Crippen molar-refractivity contribution in [2.45, 2.75) is 13.0 Å². The lowest BCUT2D eigenvalue weighted by Gasteiger charge is -2.13. The molecule has 1 nitrogen and oxygen atoms in total. The van der Waals surface area contributed by atoms with Crippen molar-refractivity contribution in [1.82, 2.24) is 0 Å². The first kappa shape index (κ1) is 12.1. The summed E-state index contributed by atoms with van der Waals surface area (Å²) >= 11 is 10.9. The molecule has 0 radical (unpaired) electrons. The summed E-state index contributed by atoms with van der Waals surface area (Å²) in [5.74, 6) is 0. The molecule has 0 fully saturated rings. The Balaban J connectivity index is 2.45. The van der Waals surface area contributed by atoms with Crippen LogP contribution in [0.25, 0.3) is 0 Å². The molecule has 1 atom stereocenters. The molecule has 2 aromatic rings. The van der Waals surface area contributed by atoms with Crippen LogP contribution >= 0.6 is 38.9 Å². The zero-order valence-corrected chi connectivity index (χ0v) is 11.7. The van der Waals surface area contributed by atoms with Gasteiger partial charge >= 0.3 is 0 Å². The Morgan fingerprint density at radius 1 is 1.38 bits per heavy atom. The maximum atomic E-state index is 10.3. The zero-order valence-electron chi connectivity index (χ0n) is 8.58. The average Bonchev–Trinajstić information content (AvgIpc) is 2.67. The molecule has 1 aromatic heterocycles. The molecule has 0 amide bonds. The highest BCUT2D eigenvalue weighted by atomic mass is 79.9. The second-order valence-corrected chi connectivity index (χ2v) is 5.77. The second kappa shape index (κ2) is 4.88. The quantitative estimate of drug-likeness (QED) is 0.861. The van der Waals surface area contributed by atoms with E-state index in [1.807, 2.05) is 36.6 Å². The standard InChI is InChI=1S/C12H10BrClOS/c1-7-2-3-8(14)6-9(7)11(15)12-10(13)4-5-16-12/h2-6,11,15H,1H3. The number of aliphatic hydroxyl groups excluding tert-OH is 1. The molecule has 0 bridgehead atoms. The number of hydrogen-bond acceptors (Lipinski definition) is 2. The molecule has 0 aliphatic heterocycles. The van der Waals surface area contributed by atoms with Crippen molar-refractivity contribution in [2.75, 3.05) is 0 Å². The van der Waals surface area contributed by atoms with Crippen LogP contribution in [-0.4, -0.2) is 5.11 Å². The van der Waals surface area contributed by atoms with Crippen LogP contribution in [0.5, 0.6) is 0 Å². The molecule has 1 aromatic carbocycles. The van der Waals surface area contributed by atoms with Gasteiger partial charge in [0.15, 0.2) is 0 Å². The third-order valence-corrected chi connectivity index (χ3v) is 4.59. The minimum absolute atomic E-state index is 0.618. The van der Waals surface area contributed by atoms with Crippen LogP contribution in [0, 0.1) is 6.92 Å². The van der Waals surface area contributed by atoms with Crippen LogP contribution in [0.1, 0.15) is 22.1 Å². The Morgan fingerprint density at radius 3 is 2.75 bits per heavy atom. The Labute approximate surface area is 112 Å². The lowest BCUT2D eigenvalue weighted by Crippen LogP contribution is -2.00. The number of thiophene rings is 1. The molecular formula is C12H10BrClOS. The Bertz CT molecular complexity index is 509. The van der Waals surface area contributed by atoms with Crippen molar-refractivity contribution < 1.29 is 5.11 Å². The third kappa shape index (κ3) is 2.33.